The molecule has 0 aliphatic rings. The maximum atomic E-state index is 13.0. The first-order chi connectivity index (χ1) is 11.8. The fraction of sp³-hybridized carbons (Fsp3) is 0.333. The van der Waals surface area contributed by atoms with E-state index in [1.165, 1.54) is 24.3 Å². The zero-order valence-corrected chi connectivity index (χ0v) is 14.1. The smallest absolute Gasteiger partial charge is 0.373 e. The second-order valence-corrected chi connectivity index (χ2v) is 5.67. The molecular weight excluding hydrogens is 331 g/mol. The minimum atomic E-state index is -4.54. The van der Waals surface area contributed by atoms with Gasteiger partial charge in [0.05, 0.1) is 23.1 Å². The third-order valence-corrected chi connectivity index (χ3v) is 3.75. The van der Waals surface area contributed by atoms with Crippen molar-refractivity contribution in [2.24, 2.45) is 0 Å². The molecule has 0 aliphatic heterocycles. The van der Waals surface area contributed by atoms with E-state index in [1.54, 1.807) is 12.3 Å². The van der Waals surface area contributed by atoms with Crippen molar-refractivity contribution in [1.82, 2.24) is 4.98 Å². The monoisotopic (exact) mass is 351 g/mol. The number of amides is 1. The van der Waals surface area contributed by atoms with Crippen molar-refractivity contribution in [1.29, 1.82) is 0 Å². The Morgan fingerprint density at radius 3 is 2.52 bits per heavy atom. The van der Waals surface area contributed by atoms with Crippen LogP contribution in [0.4, 0.5) is 24.5 Å². The molecule has 1 heterocycles. The number of carbonyl (C=O) groups excluding carboxylic acids is 1. The number of aromatic nitrogens is 1. The minimum absolute atomic E-state index is 0.0598. The first-order valence-electron chi connectivity index (χ1n) is 7.97. The minimum Gasteiger partial charge on any atom is -0.373 e. The highest BCUT2D eigenvalue weighted by Gasteiger charge is 2.33. The highest BCUT2D eigenvalue weighted by molar-refractivity contribution is 6.03. The average Bonchev–Trinajstić information content (AvgIpc) is 2.59. The molecule has 25 heavy (non-hydrogen) atoms. The van der Waals surface area contributed by atoms with Crippen LogP contribution in [0.25, 0.3) is 0 Å². The van der Waals surface area contributed by atoms with Gasteiger partial charge in [0.2, 0.25) is 0 Å². The Balaban J connectivity index is 2.12. The van der Waals surface area contributed by atoms with Crippen LogP contribution in [0.2, 0.25) is 0 Å². The van der Waals surface area contributed by atoms with Gasteiger partial charge >= 0.3 is 6.18 Å². The molecule has 1 amide bonds. The number of nitrogens with one attached hydrogen (secondary N) is 1. The molecule has 1 N–H and O–H groups in total. The SMILES string of the molecule is CCCCN(C)c1ccc(C(=O)Nc2ccccc2C(F)(F)F)nc1. The molecule has 2 aromatic rings. The topological polar surface area (TPSA) is 45.2 Å². The summed E-state index contributed by atoms with van der Waals surface area (Å²) >= 11 is 0. The van der Waals surface area contributed by atoms with E-state index in [0.29, 0.717) is 0 Å². The van der Waals surface area contributed by atoms with Crippen molar-refractivity contribution >= 4 is 17.3 Å². The van der Waals surface area contributed by atoms with Gasteiger partial charge in [-0.2, -0.15) is 13.2 Å². The molecule has 0 saturated carbocycles. The van der Waals surface area contributed by atoms with Crippen LogP contribution in [0.15, 0.2) is 42.6 Å². The van der Waals surface area contributed by atoms with E-state index >= 15 is 0 Å². The molecule has 0 aliphatic carbocycles. The number of halogens is 3. The largest absolute Gasteiger partial charge is 0.418 e. The number of unbranched alkanes of at least 4 members (excludes halogenated alkanes) is 1. The van der Waals surface area contributed by atoms with Crippen molar-refractivity contribution in [2.75, 3.05) is 23.8 Å². The highest BCUT2D eigenvalue weighted by Crippen LogP contribution is 2.34. The fourth-order valence-corrected chi connectivity index (χ4v) is 2.30. The zero-order chi connectivity index (χ0) is 18.4. The van der Waals surface area contributed by atoms with Gasteiger partial charge in [0.1, 0.15) is 5.69 Å². The van der Waals surface area contributed by atoms with E-state index in [4.69, 9.17) is 0 Å². The Morgan fingerprint density at radius 1 is 1.20 bits per heavy atom. The average molecular weight is 351 g/mol. The van der Waals surface area contributed by atoms with E-state index in [2.05, 4.69) is 17.2 Å². The van der Waals surface area contributed by atoms with E-state index in [-0.39, 0.29) is 11.4 Å². The predicted octanol–water partition coefficient (Wildman–Crippen LogP) is 4.59. The summed E-state index contributed by atoms with van der Waals surface area (Å²) < 4.78 is 38.9. The number of hydrogen-bond acceptors (Lipinski definition) is 3. The second kappa shape index (κ2) is 8.00. The molecule has 1 aromatic carbocycles. The van der Waals surface area contributed by atoms with Crippen LogP contribution in [0.1, 0.15) is 35.8 Å². The lowest BCUT2D eigenvalue weighted by atomic mass is 10.1. The van der Waals surface area contributed by atoms with Crippen molar-refractivity contribution in [3.63, 3.8) is 0 Å². The number of hydrogen-bond donors (Lipinski definition) is 1. The number of carbonyl (C=O) groups is 1. The Morgan fingerprint density at radius 2 is 1.92 bits per heavy atom. The number of pyridine rings is 1. The maximum absolute atomic E-state index is 13.0. The fourth-order valence-electron chi connectivity index (χ4n) is 2.30. The van der Waals surface area contributed by atoms with Crippen LogP contribution in [0.3, 0.4) is 0 Å². The number of rotatable bonds is 6. The van der Waals surface area contributed by atoms with Crippen LogP contribution in [0.5, 0.6) is 0 Å². The number of anilines is 2. The summed E-state index contributed by atoms with van der Waals surface area (Å²) in [5, 5.41) is 2.28. The number of para-hydroxylation sites is 1. The predicted molar refractivity (Wildman–Crippen MR) is 91.8 cm³/mol. The van der Waals surface area contributed by atoms with Crippen molar-refractivity contribution in [3.05, 3.63) is 53.9 Å². The third kappa shape index (κ3) is 4.95. The lowest BCUT2D eigenvalue weighted by Gasteiger charge is -2.18. The van der Waals surface area contributed by atoms with Gasteiger partial charge in [-0.3, -0.25) is 4.79 Å². The Kier molecular flexibility index (Phi) is 6.01. The molecule has 0 radical (unpaired) electrons. The molecule has 0 unspecified atom stereocenters. The molecule has 7 heteroatoms. The molecule has 0 spiro atoms. The third-order valence-electron chi connectivity index (χ3n) is 3.75. The van der Waals surface area contributed by atoms with Gasteiger partial charge < -0.3 is 10.2 Å². The molecule has 1 aromatic heterocycles. The Bertz CT molecular complexity index is 714. The summed E-state index contributed by atoms with van der Waals surface area (Å²) in [5.74, 6) is -0.681. The number of alkyl halides is 3. The Labute approximate surface area is 144 Å². The number of benzene rings is 1. The second-order valence-electron chi connectivity index (χ2n) is 5.67. The molecule has 0 saturated heterocycles. The van der Waals surface area contributed by atoms with Gasteiger partial charge in [-0.25, -0.2) is 4.98 Å². The van der Waals surface area contributed by atoms with E-state index in [1.807, 2.05) is 11.9 Å². The first kappa shape index (κ1) is 18.8. The summed E-state index contributed by atoms with van der Waals surface area (Å²) in [6.45, 7) is 2.96. The zero-order valence-electron chi connectivity index (χ0n) is 14.1. The maximum Gasteiger partial charge on any atom is 0.418 e. The van der Waals surface area contributed by atoms with E-state index in [9.17, 15) is 18.0 Å². The van der Waals surface area contributed by atoms with Gasteiger partial charge in [0.15, 0.2) is 0 Å². The van der Waals surface area contributed by atoms with Gasteiger partial charge in [-0.1, -0.05) is 25.5 Å². The van der Waals surface area contributed by atoms with Gasteiger partial charge in [-0.05, 0) is 30.7 Å². The molecule has 0 atom stereocenters. The van der Waals surface area contributed by atoms with Crippen LogP contribution in [-0.2, 0) is 6.18 Å². The van der Waals surface area contributed by atoms with Gasteiger partial charge in [0.25, 0.3) is 5.91 Å². The lowest BCUT2D eigenvalue weighted by molar-refractivity contribution is -0.136. The van der Waals surface area contributed by atoms with Gasteiger partial charge in [-0.15, -0.1) is 0 Å². The molecular formula is C18H20F3N3O. The van der Waals surface area contributed by atoms with Crippen LogP contribution in [0, 0.1) is 0 Å². The number of nitrogens with zero attached hydrogens (tertiary/aromatic N) is 2. The first-order valence-corrected chi connectivity index (χ1v) is 7.97. The molecule has 2 rings (SSSR count). The molecule has 0 bridgehead atoms. The summed E-state index contributed by atoms with van der Waals surface area (Å²) in [6, 6.07) is 8.08. The summed E-state index contributed by atoms with van der Waals surface area (Å²) in [4.78, 5) is 18.3. The Hall–Kier alpha value is -2.57. The summed E-state index contributed by atoms with van der Waals surface area (Å²) in [6.07, 6.45) is -0.896. The van der Waals surface area contributed by atoms with Crippen LogP contribution in [-0.4, -0.2) is 24.5 Å². The van der Waals surface area contributed by atoms with Crippen molar-refractivity contribution in [3.8, 4) is 0 Å². The summed E-state index contributed by atoms with van der Waals surface area (Å²) in [7, 11) is 1.92. The highest BCUT2D eigenvalue weighted by atomic mass is 19.4. The van der Waals surface area contributed by atoms with Crippen molar-refractivity contribution in [2.45, 2.75) is 25.9 Å². The van der Waals surface area contributed by atoms with Gasteiger partial charge in [0, 0.05) is 13.6 Å². The molecule has 0 fully saturated rings. The quantitative estimate of drug-likeness (QED) is 0.828. The van der Waals surface area contributed by atoms with Crippen molar-refractivity contribution < 1.29 is 18.0 Å². The van der Waals surface area contributed by atoms with E-state index in [0.717, 1.165) is 31.1 Å². The summed E-state index contributed by atoms with van der Waals surface area (Å²) in [5.41, 5.74) is -0.268. The molecule has 4 nitrogen and oxygen atoms in total. The lowest BCUT2D eigenvalue weighted by Crippen LogP contribution is -2.20. The van der Waals surface area contributed by atoms with Crippen LogP contribution >= 0.6 is 0 Å². The van der Waals surface area contributed by atoms with E-state index < -0.39 is 17.6 Å². The normalized spacial score (nSPS) is 11.2. The van der Waals surface area contributed by atoms with Crippen LogP contribution < -0.4 is 10.2 Å². The standard InChI is InChI=1S/C18H20F3N3O/c1-3-4-11-24(2)13-9-10-16(22-12-13)17(25)23-15-8-6-5-7-14(15)18(19,20)21/h5-10,12H,3-4,11H2,1-2H3,(H,23,25). The molecule has 134 valence electrons.